The van der Waals surface area contributed by atoms with Crippen molar-refractivity contribution in [3.05, 3.63) is 29.3 Å². The Morgan fingerprint density at radius 2 is 2.00 bits per heavy atom. The van der Waals surface area contributed by atoms with Crippen LogP contribution >= 0.6 is 11.6 Å². The molecule has 1 N–H and O–H groups in total. The van der Waals surface area contributed by atoms with E-state index in [0.717, 1.165) is 0 Å². The first-order valence-corrected chi connectivity index (χ1v) is 4.62. The summed E-state index contributed by atoms with van der Waals surface area (Å²) in [6.07, 6.45) is -0.249. The van der Waals surface area contributed by atoms with E-state index in [0.29, 0.717) is 16.5 Å². The standard InChI is InChI=1S/C10H12ClNO2/c1-7(12-13)8(2)14-10-5-3-9(11)4-6-10/h3-6,8,13H,1-2H3/b12-7-/t8-/m0/s1. The van der Waals surface area contributed by atoms with E-state index in [-0.39, 0.29) is 6.10 Å². The molecule has 0 unspecified atom stereocenters. The van der Waals surface area contributed by atoms with Gasteiger partial charge in [-0.25, -0.2) is 0 Å². The van der Waals surface area contributed by atoms with Crippen LogP contribution in [0.25, 0.3) is 0 Å². The largest absolute Gasteiger partial charge is 0.485 e. The highest BCUT2D eigenvalue weighted by Gasteiger charge is 2.07. The molecule has 0 aliphatic carbocycles. The van der Waals surface area contributed by atoms with E-state index >= 15 is 0 Å². The van der Waals surface area contributed by atoms with Crippen molar-refractivity contribution in [2.24, 2.45) is 5.16 Å². The Labute approximate surface area is 88.0 Å². The first kappa shape index (κ1) is 10.9. The van der Waals surface area contributed by atoms with Crippen molar-refractivity contribution >= 4 is 17.3 Å². The Bertz CT molecular complexity index is 321. The Kier molecular flexibility index (Phi) is 3.77. The summed E-state index contributed by atoms with van der Waals surface area (Å²) >= 11 is 5.72. The maximum atomic E-state index is 8.51. The third kappa shape index (κ3) is 2.92. The summed E-state index contributed by atoms with van der Waals surface area (Å²) in [6, 6.07) is 7.02. The first-order chi connectivity index (χ1) is 6.63. The number of ether oxygens (including phenoxy) is 1. The second-order valence-electron chi connectivity index (χ2n) is 2.96. The van der Waals surface area contributed by atoms with Crippen LogP contribution in [0.15, 0.2) is 29.4 Å². The number of rotatable bonds is 3. The van der Waals surface area contributed by atoms with E-state index in [1.807, 2.05) is 6.92 Å². The van der Waals surface area contributed by atoms with Crippen LogP contribution < -0.4 is 4.74 Å². The molecule has 0 aromatic heterocycles. The van der Waals surface area contributed by atoms with E-state index in [9.17, 15) is 0 Å². The predicted octanol–water partition coefficient (Wildman–Crippen LogP) is 2.96. The fourth-order valence-electron chi connectivity index (χ4n) is 0.884. The van der Waals surface area contributed by atoms with Crippen molar-refractivity contribution in [1.29, 1.82) is 0 Å². The van der Waals surface area contributed by atoms with E-state index in [1.54, 1.807) is 31.2 Å². The van der Waals surface area contributed by atoms with Crippen LogP contribution in [0.1, 0.15) is 13.8 Å². The van der Waals surface area contributed by atoms with Crippen molar-refractivity contribution < 1.29 is 9.94 Å². The van der Waals surface area contributed by atoms with Crippen LogP contribution in [0.3, 0.4) is 0 Å². The third-order valence-electron chi connectivity index (χ3n) is 1.87. The van der Waals surface area contributed by atoms with Gasteiger partial charge in [-0.15, -0.1) is 0 Å². The maximum absolute atomic E-state index is 8.51. The van der Waals surface area contributed by atoms with Gasteiger partial charge in [-0.2, -0.15) is 0 Å². The molecule has 0 fully saturated rings. The molecule has 0 saturated heterocycles. The van der Waals surface area contributed by atoms with Gasteiger partial charge in [0, 0.05) is 5.02 Å². The van der Waals surface area contributed by atoms with Crippen LogP contribution in [-0.2, 0) is 0 Å². The topological polar surface area (TPSA) is 41.8 Å². The molecule has 0 amide bonds. The summed E-state index contributed by atoms with van der Waals surface area (Å²) < 4.78 is 5.47. The minimum atomic E-state index is -0.249. The molecule has 0 radical (unpaired) electrons. The van der Waals surface area contributed by atoms with Gasteiger partial charge in [0.25, 0.3) is 0 Å². The quantitative estimate of drug-likeness (QED) is 0.477. The Hall–Kier alpha value is -1.22. The zero-order chi connectivity index (χ0) is 10.6. The monoisotopic (exact) mass is 213 g/mol. The molecular weight excluding hydrogens is 202 g/mol. The van der Waals surface area contributed by atoms with E-state index < -0.39 is 0 Å². The minimum absolute atomic E-state index is 0.249. The number of halogens is 1. The zero-order valence-electron chi connectivity index (χ0n) is 8.07. The van der Waals surface area contributed by atoms with Gasteiger partial charge in [-0.1, -0.05) is 16.8 Å². The van der Waals surface area contributed by atoms with Gasteiger partial charge in [0.1, 0.15) is 11.9 Å². The minimum Gasteiger partial charge on any atom is -0.485 e. The Morgan fingerprint density at radius 3 is 2.50 bits per heavy atom. The highest BCUT2D eigenvalue weighted by atomic mass is 35.5. The molecule has 14 heavy (non-hydrogen) atoms. The number of hydrogen-bond acceptors (Lipinski definition) is 3. The molecule has 0 aliphatic heterocycles. The van der Waals surface area contributed by atoms with Crippen molar-refractivity contribution in [2.75, 3.05) is 0 Å². The Balaban J connectivity index is 2.65. The summed E-state index contributed by atoms with van der Waals surface area (Å²) in [4.78, 5) is 0. The molecule has 1 rings (SSSR count). The molecule has 0 heterocycles. The molecule has 0 bridgehead atoms. The summed E-state index contributed by atoms with van der Waals surface area (Å²) in [7, 11) is 0. The molecule has 1 aromatic carbocycles. The van der Waals surface area contributed by atoms with Crippen LogP contribution in [0, 0.1) is 0 Å². The maximum Gasteiger partial charge on any atom is 0.137 e. The number of oxime groups is 1. The van der Waals surface area contributed by atoms with Gasteiger partial charge < -0.3 is 9.94 Å². The summed E-state index contributed by atoms with van der Waals surface area (Å²) in [5, 5.41) is 12.2. The first-order valence-electron chi connectivity index (χ1n) is 4.24. The fourth-order valence-corrected chi connectivity index (χ4v) is 1.01. The van der Waals surface area contributed by atoms with Crippen LogP contribution in [-0.4, -0.2) is 17.0 Å². The number of nitrogens with zero attached hydrogens (tertiary/aromatic N) is 1. The average Bonchev–Trinajstić information content (AvgIpc) is 2.20. The number of hydrogen-bond donors (Lipinski definition) is 1. The van der Waals surface area contributed by atoms with Crippen LogP contribution in [0.2, 0.25) is 5.02 Å². The second kappa shape index (κ2) is 4.86. The highest BCUT2D eigenvalue weighted by Crippen LogP contribution is 2.16. The third-order valence-corrected chi connectivity index (χ3v) is 2.12. The Morgan fingerprint density at radius 1 is 1.43 bits per heavy atom. The summed E-state index contributed by atoms with van der Waals surface area (Å²) in [6.45, 7) is 3.50. The lowest BCUT2D eigenvalue weighted by Crippen LogP contribution is -2.21. The fraction of sp³-hybridized carbons (Fsp3) is 0.300. The zero-order valence-corrected chi connectivity index (χ0v) is 8.82. The van der Waals surface area contributed by atoms with Crippen LogP contribution in [0.5, 0.6) is 5.75 Å². The molecule has 0 aliphatic rings. The lowest BCUT2D eigenvalue weighted by Gasteiger charge is -2.12. The molecule has 3 nitrogen and oxygen atoms in total. The smallest absolute Gasteiger partial charge is 0.137 e. The van der Waals surface area contributed by atoms with Gasteiger partial charge in [-0.05, 0) is 38.1 Å². The van der Waals surface area contributed by atoms with Crippen molar-refractivity contribution in [3.8, 4) is 5.75 Å². The van der Waals surface area contributed by atoms with Gasteiger partial charge in [-0.3, -0.25) is 0 Å². The highest BCUT2D eigenvalue weighted by molar-refractivity contribution is 6.30. The normalized spacial score (nSPS) is 13.8. The predicted molar refractivity (Wildman–Crippen MR) is 56.4 cm³/mol. The lowest BCUT2D eigenvalue weighted by atomic mass is 10.2. The van der Waals surface area contributed by atoms with Gasteiger partial charge in [0.05, 0.1) is 5.71 Å². The van der Waals surface area contributed by atoms with Crippen molar-refractivity contribution in [1.82, 2.24) is 0 Å². The second-order valence-corrected chi connectivity index (χ2v) is 3.39. The van der Waals surface area contributed by atoms with E-state index in [4.69, 9.17) is 21.5 Å². The van der Waals surface area contributed by atoms with Crippen molar-refractivity contribution in [3.63, 3.8) is 0 Å². The van der Waals surface area contributed by atoms with Gasteiger partial charge in [0.2, 0.25) is 0 Å². The van der Waals surface area contributed by atoms with E-state index in [2.05, 4.69) is 5.16 Å². The molecule has 76 valence electrons. The molecule has 0 spiro atoms. The van der Waals surface area contributed by atoms with Crippen LogP contribution in [0.4, 0.5) is 0 Å². The SMILES string of the molecule is C/C(=N/O)[C@H](C)Oc1ccc(Cl)cc1. The molecule has 0 saturated carbocycles. The van der Waals surface area contributed by atoms with Gasteiger partial charge >= 0.3 is 0 Å². The molecule has 1 atom stereocenters. The van der Waals surface area contributed by atoms with E-state index in [1.165, 1.54) is 0 Å². The lowest BCUT2D eigenvalue weighted by molar-refractivity contribution is 0.266. The number of benzene rings is 1. The molecule has 1 aromatic rings. The molecular formula is C10H12ClNO2. The summed E-state index contributed by atoms with van der Waals surface area (Å²) in [5.74, 6) is 0.699. The van der Waals surface area contributed by atoms with Crippen molar-refractivity contribution in [2.45, 2.75) is 20.0 Å². The average molecular weight is 214 g/mol. The summed E-state index contributed by atoms with van der Waals surface area (Å²) in [5.41, 5.74) is 0.528. The molecule has 4 heteroatoms. The van der Waals surface area contributed by atoms with Gasteiger partial charge in [0.15, 0.2) is 0 Å².